The highest BCUT2D eigenvalue weighted by Gasteiger charge is 2.31. The molecule has 0 unspecified atom stereocenters. The van der Waals surface area contributed by atoms with E-state index in [-0.39, 0.29) is 5.92 Å². The summed E-state index contributed by atoms with van der Waals surface area (Å²) in [6.07, 6.45) is 0. The smallest absolute Gasteiger partial charge is 0.187 e. The summed E-state index contributed by atoms with van der Waals surface area (Å²) in [4.78, 5) is 5.83. The first-order valence-electron chi connectivity index (χ1n) is 9.37. The summed E-state index contributed by atoms with van der Waals surface area (Å²) in [6.45, 7) is 7.23. The number of hydrogen-bond donors (Lipinski definition) is 0. The van der Waals surface area contributed by atoms with E-state index in [1.54, 1.807) is 0 Å². The Kier molecular flexibility index (Phi) is 3.92. The highest BCUT2D eigenvalue weighted by atomic mass is 15.2. The molecule has 0 spiro atoms. The Balaban J connectivity index is 1.76. The van der Waals surface area contributed by atoms with E-state index in [0.29, 0.717) is 5.69 Å². The number of anilines is 3. The van der Waals surface area contributed by atoms with Crippen LogP contribution in [0.4, 0.5) is 22.7 Å². The lowest BCUT2D eigenvalue weighted by Gasteiger charge is -2.38. The molecule has 2 heteroatoms. The molecule has 4 aromatic carbocycles. The fourth-order valence-corrected chi connectivity index (χ4v) is 4.13. The van der Waals surface area contributed by atoms with Crippen LogP contribution in [0.1, 0.15) is 22.6 Å². The highest BCUT2D eigenvalue weighted by molar-refractivity contribution is 5.86. The topological polar surface area (TPSA) is 7.60 Å². The van der Waals surface area contributed by atoms with Crippen LogP contribution < -0.4 is 4.90 Å². The summed E-state index contributed by atoms with van der Waals surface area (Å²) in [5, 5.41) is 0. The Morgan fingerprint density at radius 2 is 1.14 bits per heavy atom. The first kappa shape index (κ1) is 16.4. The molecule has 0 radical (unpaired) electrons. The molecule has 0 amide bonds. The van der Waals surface area contributed by atoms with Gasteiger partial charge in [-0.1, -0.05) is 78.9 Å². The summed E-state index contributed by atoms with van der Waals surface area (Å²) in [5.41, 5.74) is 7.98. The molecule has 0 fully saturated rings. The fourth-order valence-electron chi connectivity index (χ4n) is 4.13. The molecular weight excluding hydrogens is 340 g/mol. The van der Waals surface area contributed by atoms with Crippen molar-refractivity contribution in [1.29, 1.82) is 0 Å². The van der Waals surface area contributed by atoms with Crippen LogP contribution in [-0.4, -0.2) is 0 Å². The van der Waals surface area contributed by atoms with E-state index in [2.05, 4.69) is 88.6 Å². The summed E-state index contributed by atoms with van der Waals surface area (Å²) < 4.78 is 0. The van der Waals surface area contributed by atoms with Gasteiger partial charge in [0.05, 0.1) is 17.9 Å². The predicted octanol–water partition coefficient (Wildman–Crippen LogP) is 7.20. The third-order valence-corrected chi connectivity index (χ3v) is 5.35. The third-order valence-electron chi connectivity index (χ3n) is 5.35. The minimum absolute atomic E-state index is 0.201. The number of fused-ring (bicyclic) bond motifs is 2. The second-order valence-corrected chi connectivity index (χ2v) is 6.92. The Hall–Kier alpha value is -3.83. The molecule has 1 aliphatic rings. The zero-order valence-corrected chi connectivity index (χ0v) is 15.3. The van der Waals surface area contributed by atoms with Crippen molar-refractivity contribution in [1.82, 2.24) is 0 Å². The van der Waals surface area contributed by atoms with Gasteiger partial charge in [-0.05, 0) is 41.0 Å². The molecule has 0 bridgehead atoms. The number of para-hydroxylation sites is 2. The van der Waals surface area contributed by atoms with Crippen molar-refractivity contribution in [2.75, 3.05) is 4.90 Å². The van der Waals surface area contributed by atoms with Gasteiger partial charge >= 0.3 is 0 Å². The molecule has 5 rings (SSSR count). The van der Waals surface area contributed by atoms with Gasteiger partial charge in [-0.2, -0.15) is 0 Å². The molecule has 132 valence electrons. The van der Waals surface area contributed by atoms with Gasteiger partial charge in [0.15, 0.2) is 5.69 Å². The van der Waals surface area contributed by atoms with Crippen LogP contribution in [0.2, 0.25) is 0 Å². The molecule has 4 aromatic rings. The maximum atomic E-state index is 7.23. The van der Waals surface area contributed by atoms with Crippen LogP contribution in [0.3, 0.4) is 0 Å². The van der Waals surface area contributed by atoms with Crippen molar-refractivity contribution in [2.45, 2.75) is 5.92 Å². The maximum Gasteiger partial charge on any atom is 0.187 e. The van der Waals surface area contributed by atoms with Gasteiger partial charge in [-0.3, -0.25) is 0 Å². The maximum absolute atomic E-state index is 7.23. The SMILES string of the molecule is [C-]#[N+]c1ccc(N2c3ccccc3C(c3ccccc3)c3ccccc32)cc1. The number of rotatable bonds is 2. The summed E-state index contributed by atoms with van der Waals surface area (Å²) in [5.74, 6) is 0.201. The average molecular weight is 358 g/mol. The van der Waals surface area contributed by atoms with E-state index in [1.165, 1.54) is 28.1 Å². The predicted molar refractivity (Wildman–Crippen MR) is 115 cm³/mol. The number of benzene rings is 4. The van der Waals surface area contributed by atoms with Crippen LogP contribution in [0.5, 0.6) is 0 Å². The van der Waals surface area contributed by atoms with Crippen LogP contribution in [0.15, 0.2) is 103 Å². The van der Waals surface area contributed by atoms with E-state index >= 15 is 0 Å². The van der Waals surface area contributed by atoms with Crippen molar-refractivity contribution in [3.63, 3.8) is 0 Å². The largest absolute Gasteiger partial charge is 0.310 e. The quantitative estimate of drug-likeness (QED) is 0.303. The van der Waals surface area contributed by atoms with Crippen LogP contribution >= 0.6 is 0 Å². The van der Waals surface area contributed by atoms with Crippen LogP contribution in [0, 0.1) is 6.57 Å². The lowest BCUT2D eigenvalue weighted by molar-refractivity contribution is 0.939. The van der Waals surface area contributed by atoms with E-state index < -0.39 is 0 Å². The zero-order valence-electron chi connectivity index (χ0n) is 15.3. The Morgan fingerprint density at radius 3 is 1.71 bits per heavy atom. The Morgan fingerprint density at radius 1 is 0.607 bits per heavy atom. The van der Waals surface area contributed by atoms with Crippen molar-refractivity contribution >= 4 is 22.7 Å². The minimum Gasteiger partial charge on any atom is -0.310 e. The van der Waals surface area contributed by atoms with Crippen molar-refractivity contribution in [3.8, 4) is 0 Å². The van der Waals surface area contributed by atoms with Crippen LogP contribution in [-0.2, 0) is 0 Å². The highest BCUT2D eigenvalue weighted by Crippen LogP contribution is 2.51. The van der Waals surface area contributed by atoms with E-state index in [9.17, 15) is 0 Å². The fraction of sp³-hybridized carbons (Fsp3) is 0.0385. The molecule has 0 aliphatic carbocycles. The molecule has 28 heavy (non-hydrogen) atoms. The molecule has 0 N–H and O–H groups in total. The molecule has 2 nitrogen and oxygen atoms in total. The summed E-state index contributed by atoms with van der Waals surface area (Å²) >= 11 is 0. The third kappa shape index (κ3) is 2.57. The Labute approximate surface area is 165 Å². The normalized spacial score (nSPS) is 12.8. The van der Waals surface area contributed by atoms with Gasteiger partial charge in [0.25, 0.3) is 0 Å². The minimum atomic E-state index is 0.201. The summed E-state index contributed by atoms with van der Waals surface area (Å²) in [7, 11) is 0. The standard InChI is InChI=1S/C26H18N2/c1-27-20-15-17-21(18-16-20)28-24-13-7-5-11-22(24)26(19-9-3-2-4-10-19)23-12-6-8-14-25(23)28/h2-18,26H. The van der Waals surface area contributed by atoms with Crippen molar-refractivity contribution in [3.05, 3.63) is 131 Å². The van der Waals surface area contributed by atoms with Gasteiger partial charge in [0.1, 0.15) is 0 Å². The lowest BCUT2D eigenvalue weighted by atomic mass is 9.80. The van der Waals surface area contributed by atoms with Crippen LogP contribution in [0.25, 0.3) is 4.85 Å². The van der Waals surface area contributed by atoms with E-state index in [4.69, 9.17) is 6.57 Å². The summed E-state index contributed by atoms with van der Waals surface area (Å²) in [6, 6.07) is 35.8. The first-order chi connectivity index (χ1) is 13.9. The molecule has 0 saturated carbocycles. The van der Waals surface area contributed by atoms with Crippen molar-refractivity contribution in [2.24, 2.45) is 0 Å². The second-order valence-electron chi connectivity index (χ2n) is 6.92. The van der Waals surface area contributed by atoms with Gasteiger partial charge in [-0.15, -0.1) is 0 Å². The zero-order chi connectivity index (χ0) is 18.9. The van der Waals surface area contributed by atoms with Gasteiger partial charge < -0.3 is 4.90 Å². The number of hydrogen-bond acceptors (Lipinski definition) is 1. The first-order valence-corrected chi connectivity index (χ1v) is 9.37. The average Bonchev–Trinajstić information content (AvgIpc) is 2.78. The monoisotopic (exact) mass is 358 g/mol. The van der Waals surface area contributed by atoms with E-state index in [0.717, 1.165) is 5.69 Å². The van der Waals surface area contributed by atoms with E-state index in [1.807, 2.05) is 24.3 Å². The van der Waals surface area contributed by atoms with Gasteiger partial charge in [-0.25, -0.2) is 4.85 Å². The molecule has 0 atom stereocenters. The van der Waals surface area contributed by atoms with Gasteiger partial charge in [0, 0.05) is 11.6 Å². The number of nitrogens with zero attached hydrogens (tertiary/aromatic N) is 2. The molecule has 0 aromatic heterocycles. The second kappa shape index (κ2) is 6.72. The molecule has 1 heterocycles. The Bertz CT molecular complexity index is 1120. The molecule has 0 saturated heterocycles. The van der Waals surface area contributed by atoms with Crippen molar-refractivity contribution < 1.29 is 0 Å². The van der Waals surface area contributed by atoms with Gasteiger partial charge in [0.2, 0.25) is 0 Å². The molecule has 1 aliphatic heterocycles. The lowest BCUT2D eigenvalue weighted by Crippen LogP contribution is -2.22. The molecular formula is C26H18N2.